The zero-order valence-electron chi connectivity index (χ0n) is 11.3. The van der Waals surface area contributed by atoms with Gasteiger partial charge in [0.15, 0.2) is 5.69 Å². The van der Waals surface area contributed by atoms with Crippen LogP contribution >= 0.6 is 0 Å². The lowest BCUT2D eigenvalue weighted by atomic mass is 10.0. The van der Waals surface area contributed by atoms with Crippen molar-refractivity contribution in [2.75, 3.05) is 13.1 Å². The number of carbonyl (C=O) groups excluding carboxylic acids is 1. The van der Waals surface area contributed by atoms with Crippen LogP contribution < -0.4 is 0 Å². The number of likely N-dealkylation sites (tertiary alicyclic amines) is 1. The van der Waals surface area contributed by atoms with Gasteiger partial charge < -0.3 is 19.1 Å². The van der Waals surface area contributed by atoms with Gasteiger partial charge in [-0.05, 0) is 25.0 Å². The number of amides is 1. The van der Waals surface area contributed by atoms with Gasteiger partial charge in [-0.15, -0.1) is 0 Å². The zero-order chi connectivity index (χ0) is 14.8. The molecule has 0 aromatic carbocycles. The minimum atomic E-state index is -0.930. The van der Waals surface area contributed by atoms with Gasteiger partial charge in [0.25, 0.3) is 5.91 Å². The molecule has 0 radical (unpaired) electrons. The van der Waals surface area contributed by atoms with Gasteiger partial charge in [-0.3, -0.25) is 4.79 Å². The second-order valence-corrected chi connectivity index (χ2v) is 5.01. The monoisotopic (exact) mass is 289 g/mol. The summed E-state index contributed by atoms with van der Waals surface area (Å²) >= 11 is 0. The van der Waals surface area contributed by atoms with Crippen LogP contribution in [0.3, 0.4) is 0 Å². The van der Waals surface area contributed by atoms with Gasteiger partial charge in [0.2, 0.25) is 0 Å². The number of hydrogen-bond acceptors (Lipinski definition) is 4. The van der Waals surface area contributed by atoms with Gasteiger partial charge >= 0.3 is 5.97 Å². The van der Waals surface area contributed by atoms with E-state index in [1.807, 2.05) is 0 Å². The molecular formula is C14H15N3O4. The van der Waals surface area contributed by atoms with Crippen molar-refractivity contribution >= 4 is 11.9 Å². The Labute approximate surface area is 120 Å². The third-order valence-electron chi connectivity index (χ3n) is 3.80. The van der Waals surface area contributed by atoms with E-state index in [4.69, 9.17) is 5.11 Å². The number of piperidine rings is 1. The largest absolute Gasteiger partial charge is 0.477 e. The van der Waals surface area contributed by atoms with Crippen molar-refractivity contribution in [1.29, 1.82) is 0 Å². The van der Waals surface area contributed by atoms with E-state index in [2.05, 4.69) is 9.68 Å². The molecule has 3 rings (SSSR count). The summed E-state index contributed by atoms with van der Waals surface area (Å²) in [6, 6.07) is 4.97. The molecule has 0 unspecified atom stereocenters. The highest BCUT2D eigenvalue weighted by molar-refractivity contribution is 5.92. The van der Waals surface area contributed by atoms with Crippen molar-refractivity contribution in [2.24, 2.45) is 0 Å². The first-order valence-electron chi connectivity index (χ1n) is 6.76. The van der Waals surface area contributed by atoms with Crippen LogP contribution in [0.1, 0.15) is 39.9 Å². The average molecular weight is 289 g/mol. The Bertz CT molecular complexity index is 639. The molecule has 2 aromatic rings. The first kappa shape index (κ1) is 13.4. The fourth-order valence-corrected chi connectivity index (χ4v) is 2.73. The van der Waals surface area contributed by atoms with E-state index < -0.39 is 5.97 Å². The second-order valence-electron chi connectivity index (χ2n) is 5.01. The van der Waals surface area contributed by atoms with Crippen LogP contribution in [-0.4, -0.2) is 44.7 Å². The Kier molecular flexibility index (Phi) is 3.47. The minimum Gasteiger partial charge on any atom is -0.477 e. The van der Waals surface area contributed by atoms with E-state index in [0.717, 1.165) is 12.8 Å². The molecule has 7 nitrogen and oxygen atoms in total. The second kappa shape index (κ2) is 5.43. The number of carbonyl (C=O) groups is 2. The van der Waals surface area contributed by atoms with E-state index in [1.165, 1.54) is 6.26 Å². The maximum Gasteiger partial charge on any atom is 0.352 e. The van der Waals surface area contributed by atoms with Gasteiger partial charge in [0, 0.05) is 31.4 Å². The maximum atomic E-state index is 12.1. The van der Waals surface area contributed by atoms with Crippen molar-refractivity contribution < 1.29 is 19.2 Å². The Hall–Kier alpha value is -2.57. The first-order chi connectivity index (χ1) is 10.2. The lowest BCUT2D eigenvalue weighted by Gasteiger charge is -2.32. The van der Waals surface area contributed by atoms with E-state index in [-0.39, 0.29) is 17.6 Å². The Morgan fingerprint density at radius 3 is 2.67 bits per heavy atom. The predicted molar refractivity (Wildman–Crippen MR) is 72.1 cm³/mol. The predicted octanol–water partition coefficient (Wildman–Crippen LogP) is 1.65. The normalized spacial score (nSPS) is 16.1. The van der Waals surface area contributed by atoms with E-state index in [9.17, 15) is 9.59 Å². The Morgan fingerprint density at radius 1 is 1.29 bits per heavy atom. The summed E-state index contributed by atoms with van der Waals surface area (Å²) in [5, 5.41) is 12.8. The highest BCUT2D eigenvalue weighted by Gasteiger charge is 2.27. The van der Waals surface area contributed by atoms with Crippen LogP contribution in [0, 0.1) is 0 Å². The smallest absolute Gasteiger partial charge is 0.352 e. The summed E-state index contributed by atoms with van der Waals surface area (Å²) in [7, 11) is 0. The van der Waals surface area contributed by atoms with Crippen LogP contribution in [0.15, 0.2) is 35.2 Å². The third-order valence-corrected chi connectivity index (χ3v) is 3.80. The average Bonchev–Trinajstić information content (AvgIpc) is 3.18. The maximum absolute atomic E-state index is 12.1. The van der Waals surface area contributed by atoms with Gasteiger partial charge in [0.05, 0.1) is 0 Å². The lowest BCUT2D eigenvalue weighted by molar-refractivity contribution is 0.0645. The molecule has 1 amide bonds. The summed E-state index contributed by atoms with van der Waals surface area (Å²) in [4.78, 5) is 25.0. The van der Waals surface area contributed by atoms with Gasteiger partial charge in [0.1, 0.15) is 12.0 Å². The van der Waals surface area contributed by atoms with E-state index in [0.29, 0.717) is 18.8 Å². The molecule has 2 aromatic heterocycles. The molecule has 0 bridgehead atoms. The van der Waals surface area contributed by atoms with Gasteiger partial charge in [-0.2, -0.15) is 0 Å². The number of carboxylic acid groups (broad SMARTS) is 1. The molecule has 1 fully saturated rings. The zero-order valence-corrected chi connectivity index (χ0v) is 11.3. The molecule has 1 saturated heterocycles. The summed E-state index contributed by atoms with van der Waals surface area (Å²) in [5.74, 6) is -1.07. The minimum absolute atomic E-state index is 0.104. The first-order valence-corrected chi connectivity index (χ1v) is 6.76. The summed E-state index contributed by atoms with van der Waals surface area (Å²) in [5.41, 5.74) is 0.594. The number of rotatable bonds is 3. The number of aromatic carboxylic acids is 1. The molecule has 0 aliphatic carbocycles. The van der Waals surface area contributed by atoms with Crippen molar-refractivity contribution in [2.45, 2.75) is 18.9 Å². The van der Waals surface area contributed by atoms with Gasteiger partial charge in [-0.25, -0.2) is 4.79 Å². The molecule has 1 aliphatic heterocycles. The number of nitrogens with zero attached hydrogens (tertiary/aromatic N) is 3. The molecule has 0 spiro atoms. The fraction of sp³-hybridized carbons (Fsp3) is 0.357. The SMILES string of the molecule is O=C(O)c1cccn1C1CCN(C(=O)c2ccon2)CC1. The number of carboxylic acids is 1. The standard InChI is InChI=1S/C14H15N3O4/c18-13(11-5-9-21-15-11)16-7-3-10(4-8-16)17-6-1-2-12(17)14(19)20/h1-2,5-6,9-10H,3-4,7-8H2,(H,19,20). The van der Waals surface area contributed by atoms with Crippen LogP contribution in [0.2, 0.25) is 0 Å². The highest BCUT2D eigenvalue weighted by Crippen LogP contribution is 2.25. The summed E-state index contributed by atoms with van der Waals surface area (Å²) in [6.07, 6.45) is 4.60. The lowest BCUT2D eigenvalue weighted by Crippen LogP contribution is -2.39. The molecule has 7 heteroatoms. The molecule has 1 N–H and O–H groups in total. The quantitative estimate of drug-likeness (QED) is 0.928. The molecule has 3 heterocycles. The Morgan fingerprint density at radius 2 is 2.05 bits per heavy atom. The van der Waals surface area contributed by atoms with Crippen molar-refractivity contribution in [1.82, 2.24) is 14.6 Å². The fourth-order valence-electron chi connectivity index (χ4n) is 2.73. The summed E-state index contributed by atoms with van der Waals surface area (Å²) < 4.78 is 6.46. The third kappa shape index (κ3) is 2.54. The van der Waals surface area contributed by atoms with E-state index >= 15 is 0 Å². The van der Waals surface area contributed by atoms with Gasteiger partial charge in [-0.1, -0.05) is 5.16 Å². The van der Waals surface area contributed by atoms with Crippen LogP contribution in [0.4, 0.5) is 0 Å². The van der Waals surface area contributed by atoms with Crippen molar-refractivity contribution in [3.8, 4) is 0 Å². The van der Waals surface area contributed by atoms with E-state index in [1.54, 1.807) is 33.9 Å². The number of aromatic nitrogens is 2. The molecule has 110 valence electrons. The van der Waals surface area contributed by atoms with Crippen LogP contribution in [0.5, 0.6) is 0 Å². The Balaban J connectivity index is 1.66. The topological polar surface area (TPSA) is 88.6 Å². The highest BCUT2D eigenvalue weighted by atomic mass is 16.5. The van der Waals surface area contributed by atoms with Crippen molar-refractivity contribution in [3.05, 3.63) is 42.0 Å². The van der Waals surface area contributed by atoms with Crippen molar-refractivity contribution in [3.63, 3.8) is 0 Å². The summed E-state index contributed by atoms with van der Waals surface area (Å²) in [6.45, 7) is 1.15. The molecular weight excluding hydrogens is 274 g/mol. The van der Waals surface area contributed by atoms with Crippen LogP contribution in [0.25, 0.3) is 0 Å². The molecule has 0 atom stereocenters. The number of hydrogen-bond donors (Lipinski definition) is 1. The molecule has 21 heavy (non-hydrogen) atoms. The molecule has 1 aliphatic rings. The van der Waals surface area contributed by atoms with Crippen LogP contribution in [-0.2, 0) is 0 Å². The molecule has 0 saturated carbocycles.